The van der Waals surface area contributed by atoms with Crippen molar-refractivity contribution in [1.29, 1.82) is 0 Å². The maximum Gasteiger partial charge on any atom is 0.319 e. The summed E-state index contributed by atoms with van der Waals surface area (Å²) in [5, 5.41) is 0. The van der Waals surface area contributed by atoms with Gasteiger partial charge in [0, 0.05) is 32.8 Å². The number of nitrogens with zero attached hydrogens (tertiary/aromatic N) is 2. The molecule has 0 aromatic rings. The Balaban J connectivity index is 2.28. The lowest BCUT2D eigenvalue weighted by Gasteiger charge is -2.35. The second-order valence-electron chi connectivity index (χ2n) is 4.65. The van der Waals surface area contributed by atoms with Crippen LogP contribution < -0.4 is 5.73 Å². The smallest absolute Gasteiger partial charge is 0.319 e. The van der Waals surface area contributed by atoms with Gasteiger partial charge in [0.25, 0.3) is 0 Å². The summed E-state index contributed by atoms with van der Waals surface area (Å²) in [6.45, 7) is 8.63. The molecule has 0 atom stereocenters. The summed E-state index contributed by atoms with van der Waals surface area (Å²) < 4.78 is 5.73. The van der Waals surface area contributed by atoms with Crippen molar-refractivity contribution < 1.29 is 9.53 Å². The summed E-state index contributed by atoms with van der Waals surface area (Å²) in [6, 6.07) is 0.167. The summed E-state index contributed by atoms with van der Waals surface area (Å²) in [5.41, 5.74) is 5.43. The minimum atomic E-state index is 0.167. The van der Waals surface area contributed by atoms with Gasteiger partial charge in [-0.1, -0.05) is 0 Å². The fourth-order valence-corrected chi connectivity index (χ4v) is 2.24. The number of piperidine rings is 1. The molecule has 0 unspecified atom stereocenters. The largest absolute Gasteiger partial charge is 0.378 e. The molecule has 0 saturated carbocycles. The van der Waals surface area contributed by atoms with E-state index in [-0.39, 0.29) is 6.03 Å². The van der Waals surface area contributed by atoms with Gasteiger partial charge in [0.2, 0.25) is 0 Å². The van der Waals surface area contributed by atoms with Crippen molar-refractivity contribution >= 4 is 6.03 Å². The van der Waals surface area contributed by atoms with Crippen LogP contribution in [-0.4, -0.2) is 61.3 Å². The number of hydrogen-bond donors (Lipinski definition) is 1. The van der Waals surface area contributed by atoms with Crippen LogP contribution in [0.2, 0.25) is 0 Å². The van der Waals surface area contributed by atoms with Crippen molar-refractivity contribution in [3.63, 3.8) is 0 Å². The van der Waals surface area contributed by atoms with Crippen LogP contribution in [-0.2, 0) is 4.74 Å². The van der Waals surface area contributed by atoms with E-state index in [1.807, 2.05) is 23.6 Å². The average Bonchev–Trinajstić information content (AvgIpc) is 2.41. The van der Waals surface area contributed by atoms with Crippen molar-refractivity contribution in [2.75, 3.05) is 39.3 Å². The quantitative estimate of drug-likeness (QED) is 0.729. The van der Waals surface area contributed by atoms with Crippen molar-refractivity contribution in [1.82, 2.24) is 9.80 Å². The van der Waals surface area contributed by atoms with E-state index < -0.39 is 0 Å². The predicted octanol–water partition coefficient (Wildman–Crippen LogP) is 1.28. The fourth-order valence-electron chi connectivity index (χ4n) is 2.24. The summed E-state index contributed by atoms with van der Waals surface area (Å²) >= 11 is 0. The lowest BCUT2D eigenvalue weighted by Crippen LogP contribution is -2.47. The summed E-state index contributed by atoms with van der Waals surface area (Å²) in [7, 11) is 0. The summed E-state index contributed by atoms with van der Waals surface area (Å²) in [6.07, 6.45) is 3.10. The number of urea groups is 1. The molecule has 2 N–H and O–H groups in total. The molecule has 106 valence electrons. The van der Waals surface area contributed by atoms with Gasteiger partial charge in [-0.25, -0.2) is 4.79 Å². The van der Waals surface area contributed by atoms with Crippen LogP contribution in [0.4, 0.5) is 4.79 Å². The molecule has 1 aliphatic rings. The molecule has 1 fully saturated rings. The molecular formula is C13H27N3O2. The van der Waals surface area contributed by atoms with Crippen molar-refractivity contribution in [3.05, 3.63) is 0 Å². The van der Waals surface area contributed by atoms with E-state index in [9.17, 15) is 4.79 Å². The SMILES string of the molecule is CCN(CC)C(=O)N1CCC(OCCCN)CC1. The number of hydrogen-bond acceptors (Lipinski definition) is 3. The van der Waals surface area contributed by atoms with E-state index in [2.05, 4.69) is 0 Å². The van der Waals surface area contributed by atoms with Crippen LogP contribution in [0.15, 0.2) is 0 Å². The third kappa shape index (κ3) is 4.46. The molecule has 2 amide bonds. The molecule has 0 bridgehead atoms. The lowest BCUT2D eigenvalue weighted by atomic mass is 10.1. The zero-order valence-corrected chi connectivity index (χ0v) is 11.7. The summed E-state index contributed by atoms with van der Waals surface area (Å²) in [5.74, 6) is 0. The topological polar surface area (TPSA) is 58.8 Å². The number of nitrogens with two attached hydrogens (primary N) is 1. The highest BCUT2D eigenvalue weighted by atomic mass is 16.5. The van der Waals surface area contributed by atoms with E-state index in [0.717, 1.165) is 52.0 Å². The molecule has 0 aromatic heterocycles. The zero-order chi connectivity index (χ0) is 13.4. The third-order valence-electron chi connectivity index (χ3n) is 3.45. The number of likely N-dealkylation sites (tertiary alicyclic amines) is 1. The first-order valence-electron chi connectivity index (χ1n) is 7.08. The number of rotatable bonds is 6. The molecule has 0 radical (unpaired) electrons. The third-order valence-corrected chi connectivity index (χ3v) is 3.45. The van der Waals surface area contributed by atoms with Gasteiger partial charge in [-0.3, -0.25) is 0 Å². The second-order valence-corrected chi connectivity index (χ2v) is 4.65. The molecule has 1 rings (SSSR count). The second kappa shape index (κ2) is 8.32. The van der Waals surface area contributed by atoms with Crippen molar-refractivity contribution in [3.8, 4) is 0 Å². The zero-order valence-electron chi connectivity index (χ0n) is 11.7. The molecule has 1 saturated heterocycles. The lowest BCUT2D eigenvalue weighted by molar-refractivity contribution is 0.0116. The van der Waals surface area contributed by atoms with Crippen LogP contribution in [0.25, 0.3) is 0 Å². The molecule has 0 spiro atoms. The minimum Gasteiger partial charge on any atom is -0.378 e. The van der Waals surface area contributed by atoms with Crippen molar-refractivity contribution in [2.24, 2.45) is 5.73 Å². The average molecular weight is 257 g/mol. The van der Waals surface area contributed by atoms with Crippen LogP contribution in [0.1, 0.15) is 33.1 Å². The number of amides is 2. The minimum absolute atomic E-state index is 0.167. The van der Waals surface area contributed by atoms with Crippen LogP contribution in [0.3, 0.4) is 0 Å². The Morgan fingerprint density at radius 2 is 1.94 bits per heavy atom. The Morgan fingerprint density at radius 3 is 2.44 bits per heavy atom. The maximum atomic E-state index is 12.1. The van der Waals surface area contributed by atoms with Gasteiger partial charge >= 0.3 is 6.03 Å². The Hall–Kier alpha value is -0.810. The van der Waals surface area contributed by atoms with Gasteiger partial charge in [0.15, 0.2) is 0 Å². The predicted molar refractivity (Wildman–Crippen MR) is 72.5 cm³/mol. The monoisotopic (exact) mass is 257 g/mol. The van der Waals surface area contributed by atoms with E-state index in [4.69, 9.17) is 10.5 Å². The van der Waals surface area contributed by atoms with Gasteiger partial charge in [-0.2, -0.15) is 0 Å². The van der Waals surface area contributed by atoms with E-state index in [1.165, 1.54) is 0 Å². The first-order valence-corrected chi connectivity index (χ1v) is 7.08. The molecule has 5 nitrogen and oxygen atoms in total. The summed E-state index contributed by atoms with van der Waals surface area (Å²) in [4.78, 5) is 15.9. The Bertz CT molecular complexity index is 236. The van der Waals surface area contributed by atoms with Crippen LogP contribution in [0.5, 0.6) is 0 Å². The first kappa shape index (κ1) is 15.2. The Morgan fingerprint density at radius 1 is 1.33 bits per heavy atom. The Kier molecular flexibility index (Phi) is 7.05. The number of ether oxygens (including phenoxy) is 1. The van der Waals surface area contributed by atoms with Gasteiger partial charge in [-0.15, -0.1) is 0 Å². The molecule has 5 heteroatoms. The fraction of sp³-hybridized carbons (Fsp3) is 0.923. The van der Waals surface area contributed by atoms with Gasteiger partial charge < -0.3 is 20.3 Å². The molecule has 1 aliphatic heterocycles. The first-order chi connectivity index (χ1) is 8.72. The molecule has 1 heterocycles. The highest BCUT2D eigenvalue weighted by Gasteiger charge is 2.25. The molecule has 0 aliphatic carbocycles. The van der Waals surface area contributed by atoms with E-state index >= 15 is 0 Å². The molecular weight excluding hydrogens is 230 g/mol. The Labute approximate surface area is 110 Å². The number of carbonyl (C=O) groups is 1. The normalized spacial score (nSPS) is 16.9. The van der Waals surface area contributed by atoms with Gasteiger partial charge in [0.05, 0.1) is 6.10 Å². The molecule has 18 heavy (non-hydrogen) atoms. The van der Waals surface area contributed by atoms with Crippen molar-refractivity contribution in [2.45, 2.75) is 39.2 Å². The van der Waals surface area contributed by atoms with Gasteiger partial charge in [0.1, 0.15) is 0 Å². The van der Waals surface area contributed by atoms with E-state index in [1.54, 1.807) is 0 Å². The maximum absolute atomic E-state index is 12.1. The van der Waals surface area contributed by atoms with Crippen LogP contribution >= 0.6 is 0 Å². The van der Waals surface area contributed by atoms with Gasteiger partial charge in [-0.05, 0) is 39.7 Å². The highest BCUT2D eigenvalue weighted by molar-refractivity contribution is 5.74. The highest BCUT2D eigenvalue weighted by Crippen LogP contribution is 2.15. The molecule has 0 aromatic carbocycles. The standard InChI is InChI=1S/C13H27N3O2/c1-3-15(4-2)13(17)16-9-6-12(7-10-16)18-11-5-8-14/h12H,3-11,14H2,1-2H3. The number of carbonyl (C=O) groups excluding carboxylic acids is 1. The van der Waals surface area contributed by atoms with E-state index in [0.29, 0.717) is 12.6 Å². The van der Waals surface area contributed by atoms with Crippen LogP contribution in [0, 0.1) is 0 Å².